The van der Waals surface area contributed by atoms with E-state index in [0.717, 1.165) is 6.54 Å². The molecule has 0 bridgehead atoms. The summed E-state index contributed by atoms with van der Waals surface area (Å²) in [5.41, 5.74) is 1.74. The van der Waals surface area contributed by atoms with Crippen molar-refractivity contribution in [1.82, 2.24) is 10.2 Å². The van der Waals surface area contributed by atoms with E-state index >= 15 is 0 Å². The molecule has 7 nitrogen and oxygen atoms in total. The van der Waals surface area contributed by atoms with Crippen molar-refractivity contribution in [2.45, 2.75) is 0 Å². The molecule has 0 amide bonds. The van der Waals surface area contributed by atoms with Gasteiger partial charge in [0, 0.05) is 18.2 Å². The van der Waals surface area contributed by atoms with Gasteiger partial charge in [0.05, 0.1) is 49.7 Å². The zero-order chi connectivity index (χ0) is 21.6. The lowest BCUT2D eigenvalue weighted by Crippen LogP contribution is -2.35. The van der Waals surface area contributed by atoms with E-state index in [-0.39, 0.29) is 5.71 Å². The largest absolute Gasteiger partial charge is 0.495 e. The minimum atomic E-state index is 0.198. The number of aliphatic imine (C=N–C) groups is 1. The molecule has 2 rings (SSSR count). The Bertz CT molecular complexity index is 822. The van der Waals surface area contributed by atoms with Crippen LogP contribution in [-0.4, -0.2) is 71.1 Å². The molecule has 0 aliphatic carbocycles. The molecule has 1 heterocycles. The number of likely N-dealkylation sites (N-methyl/N-ethyl adjacent to an activating group) is 1. The molecule has 1 aliphatic heterocycles. The van der Waals surface area contributed by atoms with E-state index in [4.69, 9.17) is 42.8 Å². The highest BCUT2D eigenvalue weighted by molar-refractivity contribution is 6.50. The molecule has 1 aliphatic rings. The first-order valence-electron chi connectivity index (χ1n) is 8.94. The molecule has 29 heavy (non-hydrogen) atoms. The second kappa shape index (κ2) is 10.6. The number of ether oxygens (including phenoxy) is 3. The van der Waals surface area contributed by atoms with E-state index in [0.29, 0.717) is 64.0 Å². The second-order valence-corrected chi connectivity index (χ2v) is 7.27. The molecule has 0 saturated carbocycles. The third-order valence-electron chi connectivity index (χ3n) is 4.16. The van der Waals surface area contributed by atoms with Gasteiger partial charge in [0.1, 0.15) is 17.2 Å². The lowest BCUT2D eigenvalue weighted by atomic mass is 10.0. The van der Waals surface area contributed by atoms with Crippen LogP contribution in [0.5, 0.6) is 11.5 Å². The molecular formula is C20H26Cl2N4O3. The molecule has 0 unspecified atom stereocenters. The predicted molar refractivity (Wildman–Crippen MR) is 119 cm³/mol. The highest BCUT2D eigenvalue weighted by atomic mass is 35.5. The van der Waals surface area contributed by atoms with Gasteiger partial charge in [-0.25, -0.2) is 0 Å². The van der Waals surface area contributed by atoms with Gasteiger partial charge in [0.2, 0.25) is 0 Å². The van der Waals surface area contributed by atoms with E-state index in [2.05, 4.69) is 16.9 Å². The summed E-state index contributed by atoms with van der Waals surface area (Å²) in [4.78, 5) is 6.49. The Hall–Kier alpha value is -2.06. The molecule has 158 valence electrons. The minimum Gasteiger partial charge on any atom is -0.495 e. The fourth-order valence-corrected chi connectivity index (χ4v) is 3.28. The van der Waals surface area contributed by atoms with Gasteiger partial charge in [-0.15, -0.1) is 0 Å². The van der Waals surface area contributed by atoms with Crippen molar-refractivity contribution in [3.05, 3.63) is 39.9 Å². The van der Waals surface area contributed by atoms with Crippen LogP contribution in [0.2, 0.25) is 10.0 Å². The summed E-state index contributed by atoms with van der Waals surface area (Å²) in [5, 5.41) is 12.0. The number of methoxy groups -OCH3 is 2. The molecular weight excluding hydrogens is 415 g/mol. The Morgan fingerprint density at radius 2 is 1.76 bits per heavy atom. The van der Waals surface area contributed by atoms with Crippen LogP contribution in [-0.2, 0) is 4.74 Å². The standard InChI is InChI=1S/C20H26Cl2N4O3/c1-12-10-13(16-17(21)14(27-4)11-15(28-5)18(16)22)25-20(19(12)23)24-6-8-29-9-7-26(2)3/h10-11,23H,1,6-9H2,2-5H3,(H,24,25). The van der Waals surface area contributed by atoms with Gasteiger partial charge in [-0.1, -0.05) is 29.8 Å². The second-order valence-electron chi connectivity index (χ2n) is 6.51. The first kappa shape index (κ1) is 23.2. The minimum absolute atomic E-state index is 0.198. The molecule has 1 aromatic carbocycles. The van der Waals surface area contributed by atoms with Crippen molar-refractivity contribution in [3.8, 4) is 11.5 Å². The lowest BCUT2D eigenvalue weighted by Gasteiger charge is -2.23. The Labute approximate surface area is 181 Å². The van der Waals surface area contributed by atoms with Gasteiger partial charge < -0.3 is 24.4 Å². The zero-order valence-electron chi connectivity index (χ0n) is 17.1. The van der Waals surface area contributed by atoms with Crippen molar-refractivity contribution in [2.75, 3.05) is 54.6 Å². The molecule has 9 heteroatoms. The van der Waals surface area contributed by atoms with E-state index in [9.17, 15) is 0 Å². The van der Waals surface area contributed by atoms with Crippen LogP contribution in [0.25, 0.3) is 5.70 Å². The third-order valence-corrected chi connectivity index (χ3v) is 4.91. The van der Waals surface area contributed by atoms with Crippen LogP contribution >= 0.6 is 23.2 Å². The van der Waals surface area contributed by atoms with E-state index in [1.807, 2.05) is 19.0 Å². The van der Waals surface area contributed by atoms with Crippen molar-refractivity contribution in [2.24, 2.45) is 4.99 Å². The SMILES string of the molecule is C=C1C=C(c2c(Cl)c(OC)cc(OC)c2Cl)NC(=NCCOCCN(C)C)C1=N. The van der Waals surface area contributed by atoms with Crippen molar-refractivity contribution < 1.29 is 14.2 Å². The number of nitrogens with one attached hydrogen (secondary N) is 2. The summed E-state index contributed by atoms with van der Waals surface area (Å²) in [6.07, 6.45) is 1.70. The molecule has 0 aromatic heterocycles. The highest BCUT2D eigenvalue weighted by Crippen LogP contribution is 2.43. The van der Waals surface area contributed by atoms with Gasteiger partial charge in [0.15, 0.2) is 5.84 Å². The normalized spacial score (nSPS) is 15.6. The fraction of sp³-hybridized carbons (Fsp3) is 0.400. The number of hydrogen-bond acceptors (Lipinski definition) is 6. The van der Waals surface area contributed by atoms with Gasteiger partial charge in [-0.05, 0) is 25.7 Å². The zero-order valence-corrected chi connectivity index (χ0v) is 18.6. The smallest absolute Gasteiger partial charge is 0.151 e. The van der Waals surface area contributed by atoms with Gasteiger partial charge in [-0.3, -0.25) is 10.4 Å². The summed E-state index contributed by atoms with van der Waals surface area (Å²) < 4.78 is 16.2. The molecule has 0 radical (unpaired) electrons. The van der Waals surface area contributed by atoms with Crippen LogP contribution in [0.1, 0.15) is 5.56 Å². The maximum atomic E-state index is 8.24. The highest BCUT2D eigenvalue weighted by Gasteiger charge is 2.25. The Kier molecular flexibility index (Phi) is 8.52. The molecule has 1 aromatic rings. The Balaban J connectivity index is 2.25. The predicted octanol–water partition coefficient (Wildman–Crippen LogP) is 3.51. The average Bonchev–Trinajstić information content (AvgIpc) is 2.68. The van der Waals surface area contributed by atoms with Crippen molar-refractivity contribution in [1.29, 1.82) is 5.41 Å². The number of nitrogens with zero attached hydrogens (tertiary/aromatic N) is 2. The fourth-order valence-electron chi connectivity index (χ4n) is 2.57. The summed E-state index contributed by atoms with van der Waals surface area (Å²) in [6.45, 7) is 6.25. The quantitative estimate of drug-likeness (QED) is 0.574. The van der Waals surface area contributed by atoms with Crippen LogP contribution in [0, 0.1) is 5.41 Å². The number of amidine groups is 1. The maximum absolute atomic E-state index is 8.24. The van der Waals surface area contributed by atoms with Gasteiger partial charge in [0.25, 0.3) is 0 Å². The van der Waals surface area contributed by atoms with E-state index < -0.39 is 0 Å². The first-order valence-corrected chi connectivity index (χ1v) is 9.69. The number of rotatable bonds is 9. The van der Waals surface area contributed by atoms with Crippen molar-refractivity contribution >= 4 is 40.4 Å². The van der Waals surface area contributed by atoms with Crippen molar-refractivity contribution in [3.63, 3.8) is 0 Å². The van der Waals surface area contributed by atoms with E-state index in [1.54, 1.807) is 12.1 Å². The third kappa shape index (κ3) is 5.73. The van der Waals surface area contributed by atoms with Crippen LogP contribution < -0.4 is 14.8 Å². The summed E-state index contributed by atoms with van der Waals surface area (Å²) in [5.74, 6) is 1.21. The Morgan fingerprint density at radius 3 is 2.31 bits per heavy atom. The maximum Gasteiger partial charge on any atom is 0.151 e. The molecule has 0 spiro atoms. The van der Waals surface area contributed by atoms with E-state index in [1.165, 1.54) is 14.2 Å². The first-order chi connectivity index (χ1) is 13.8. The number of halogens is 2. The van der Waals surface area contributed by atoms with Crippen LogP contribution in [0.3, 0.4) is 0 Å². The molecule has 0 atom stereocenters. The Morgan fingerprint density at radius 1 is 1.14 bits per heavy atom. The van der Waals surface area contributed by atoms with Gasteiger partial charge >= 0.3 is 0 Å². The molecule has 2 N–H and O–H groups in total. The molecule has 0 fully saturated rings. The molecule has 0 saturated heterocycles. The van der Waals surface area contributed by atoms with Crippen LogP contribution in [0.4, 0.5) is 0 Å². The number of hydrogen-bond donors (Lipinski definition) is 2. The van der Waals surface area contributed by atoms with Crippen LogP contribution in [0.15, 0.2) is 29.3 Å². The number of allylic oxidation sites excluding steroid dienone is 1. The monoisotopic (exact) mass is 440 g/mol. The lowest BCUT2D eigenvalue weighted by molar-refractivity contribution is 0.124. The summed E-state index contributed by atoms with van der Waals surface area (Å²) >= 11 is 13.0. The summed E-state index contributed by atoms with van der Waals surface area (Å²) in [6, 6.07) is 1.62. The summed E-state index contributed by atoms with van der Waals surface area (Å²) in [7, 11) is 7.00. The average molecular weight is 441 g/mol. The van der Waals surface area contributed by atoms with Gasteiger partial charge in [-0.2, -0.15) is 0 Å². The topological polar surface area (TPSA) is 79.2 Å². The number of benzene rings is 1.